The molecule has 0 saturated heterocycles. The largest absolute Gasteiger partial charge is 0.234 e. The van der Waals surface area contributed by atoms with E-state index in [1.54, 1.807) is 12.2 Å². The average molecular weight is 250 g/mol. The Morgan fingerprint density at radius 3 is 1.44 bits per heavy atom. The molecule has 100 valence electrons. The molecule has 1 fully saturated rings. The van der Waals surface area contributed by atoms with Crippen LogP contribution in [0.15, 0.2) is 9.98 Å². The monoisotopic (exact) mass is 250 g/mol. The summed E-state index contributed by atoms with van der Waals surface area (Å²) in [5.41, 5.74) is 0.263. The summed E-state index contributed by atoms with van der Waals surface area (Å²) in [6.07, 6.45) is 9.73. The molecule has 1 rings (SSSR count). The van der Waals surface area contributed by atoms with Crippen LogP contribution in [0.4, 0.5) is 0 Å². The lowest BCUT2D eigenvalue weighted by molar-refractivity contribution is 0.174. The lowest BCUT2D eigenvalue weighted by Gasteiger charge is -2.36. The highest BCUT2D eigenvalue weighted by Gasteiger charge is 2.31. The van der Waals surface area contributed by atoms with E-state index in [9.17, 15) is 9.59 Å². The molecule has 0 aliphatic heterocycles. The third-order valence-corrected chi connectivity index (χ3v) is 4.17. The molecule has 0 aromatic carbocycles. The second kappa shape index (κ2) is 6.63. The lowest BCUT2D eigenvalue weighted by Crippen LogP contribution is -2.28. The number of aliphatic imine (C=N–C) groups is 2. The van der Waals surface area contributed by atoms with Crippen LogP contribution in [0.2, 0.25) is 0 Å². The Bertz CT molecular complexity index is 322. The van der Waals surface area contributed by atoms with E-state index in [4.69, 9.17) is 0 Å². The SMILES string of the molecule is CC1(CN=C=O)CCCC(C)(CN=C=O)CCC1. The summed E-state index contributed by atoms with van der Waals surface area (Å²) in [7, 11) is 0. The number of isocyanates is 2. The van der Waals surface area contributed by atoms with Gasteiger partial charge < -0.3 is 0 Å². The zero-order valence-corrected chi connectivity index (χ0v) is 11.4. The Morgan fingerprint density at radius 1 is 0.833 bits per heavy atom. The summed E-state index contributed by atoms with van der Waals surface area (Å²) in [5, 5.41) is 0. The number of hydrogen-bond acceptors (Lipinski definition) is 4. The molecule has 18 heavy (non-hydrogen) atoms. The summed E-state index contributed by atoms with van der Waals surface area (Å²) >= 11 is 0. The Kier molecular flexibility index (Phi) is 5.46. The summed E-state index contributed by atoms with van der Waals surface area (Å²) < 4.78 is 0. The van der Waals surface area contributed by atoms with Gasteiger partial charge >= 0.3 is 0 Å². The van der Waals surface area contributed by atoms with E-state index >= 15 is 0 Å². The minimum absolute atomic E-state index is 0.132. The van der Waals surface area contributed by atoms with Crippen molar-refractivity contribution < 1.29 is 9.59 Å². The predicted molar refractivity (Wildman–Crippen MR) is 69.9 cm³/mol. The summed E-state index contributed by atoms with van der Waals surface area (Å²) in [4.78, 5) is 27.9. The highest BCUT2D eigenvalue weighted by molar-refractivity contribution is 5.33. The van der Waals surface area contributed by atoms with E-state index in [1.165, 1.54) is 0 Å². The lowest BCUT2D eigenvalue weighted by atomic mass is 9.71. The minimum atomic E-state index is 0.132. The van der Waals surface area contributed by atoms with Crippen molar-refractivity contribution in [1.29, 1.82) is 0 Å². The zero-order chi connectivity index (χ0) is 13.5. The van der Waals surface area contributed by atoms with Gasteiger partial charge in [0.1, 0.15) is 0 Å². The third kappa shape index (κ3) is 4.56. The summed E-state index contributed by atoms with van der Waals surface area (Å²) in [6, 6.07) is 0. The van der Waals surface area contributed by atoms with Gasteiger partial charge in [-0.3, -0.25) is 0 Å². The van der Waals surface area contributed by atoms with Crippen molar-refractivity contribution in [3.63, 3.8) is 0 Å². The standard InChI is InChI=1S/C14H22N2O2/c1-13(9-15-11-17)5-3-7-14(2,8-4-6-13)10-16-12-18/h3-10H2,1-2H3. The Morgan fingerprint density at radius 2 is 1.17 bits per heavy atom. The molecule has 0 radical (unpaired) electrons. The number of nitrogens with zero attached hydrogens (tertiary/aromatic N) is 2. The first kappa shape index (κ1) is 14.8. The molecule has 0 heterocycles. The van der Waals surface area contributed by atoms with Gasteiger partial charge in [-0.25, -0.2) is 19.6 Å². The number of hydrogen-bond donors (Lipinski definition) is 0. The fourth-order valence-corrected chi connectivity index (χ4v) is 2.90. The van der Waals surface area contributed by atoms with E-state index in [-0.39, 0.29) is 10.8 Å². The smallest absolute Gasteiger partial charge is 0.211 e. The molecule has 0 unspecified atom stereocenters. The maximum Gasteiger partial charge on any atom is 0.234 e. The predicted octanol–water partition coefficient (Wildman–Crippen LogP) is 3.02. The molecule has 0 aromatic rings. The molecule has 0 N–H and O–H groups in total. The van der Waals surface area contributed by atoms with Crippen LogP contribution in [-0.2, 0) is 9.59 Å². The van der Waals surface area contributed by atoms with Gasteiger partial charge in [-0.05, 0) is 36.5 Å². The van der Waals surface area contributed by atoms with E-state index < -0.39 is 0 Å². The molecule has 0 aromatic heterocycles. The summed E-state index contributed by atoms with van der Waals surface area (Å²) in [5.74, 6) is 0. The molecule has 0 atom stereocenters. The molecule has 0 amide bonds. The maximum atomic E-state index is 10.2. The molecule has 4 heteroatoms. The summed E-state index contributed by atoms with van der Waals surface area (Å²) in [6.45, 7) is 5.56. The fourth-order valence-electron chi connectivity index (χ4n) is 2.90. The van der Waals surface area contributed by atoms with Crippen LogP contribution in [0.5, 0.6) is 0 Å². The van der Waals surface area contributed by atoms with Crippen LogP contribution in [0.25, 0.3) is 0 Å². The molecular weight excluding hydrogens is 228 g/mol. The first-order chi connectivity index (χ1) is 8.54. The third-order valence-electron chi connectivity index (χ3n) is 4.17. The Balaban J connectivity index is 2.58. The van der Waals surface area contributed by atoms with Gasteiger partial charge in [-0.15, -0.1) is 0 Å². The molecule has 4 nitrogen and oxygen atoms in total. The van der Waals surface area contributed by atoms with Crippen LogP contribution >= 0.6 is 0 Å². The fraction of sp³-hybridized carbons (Fsp3) is 0.857. The van der Waals surface area contributed by atoms with Crippen molar-refractivity contribution in [2.75, 3.05) is 13.1 Å². The second-order valence-corrected chi connectivity index (χ2v) is 6.14. The van der Waals surface area contributed by atoms with E-state index in [0.29, 0.717) is 13.1 Å². The molecular formula is C14H22N2O2. The van der Waals surface area contributed by atoms with E-state index in [1.807, 2.05) is 0 Å². The van der Waals surface area contributed by atoms with Gasteiger partial charge in [0, 0.05) is 0 Å². The molecule has 1 aliphatic rings. The van der Waals surface area contributed by atoms with Gasteiger partial charge in [-0.2, -0.15) is 0 Å². The van der Waals surface area contributed by atoms with Crippen molar-refractivity contribution in [2.45, 2.75) is 52.4 Å². The Labute approximate surface area is 109 Å². The van der Waals surface area contributed by atoms with Gasteiger partial charge in [0.05, 0.1) is 13.1 Å². The average Bonchev–Trinajstić information content (AvgIpc) is 2.32. The molecule has 0 spiro atoms. The zero-order valence-electron chi connectivity index (χ0n) is 11.4. The van der Waals surface area contributed by atoms with Crippen LogP contribution in [0.1, 0.15) is 52.4 Å². The van der Waals surface area contributed by atoms with Crippen LogP contribution < -0.4 is 0 Å². The van der Waals surface area contributed by atoms with Gasteiger partial charge in [0.15, 0.2) is 0 Å². The maximum absolute atomic E-state index is 10.2. The number of carbonyl (C=O) groups excluding carboxylic acids is 2. The highest BCUT2D eigenvalue weighted by atomic mass is 16.1. The highest BCUT2D eigenvalue weighted by Crippen LogP contribution is 2.40. The minimum Gasteiger partial charge on any atom is -0.211 e. The van der Waals surface area contributed by atoms with Gasteiger partial charge in [-0.1, -0.05) is 26.7 Å². The van der Waals surface area contributed by atoms with Gasteiger partial charge in [0.25, 0.3) is 0 Å². The van der Waals surface area contributed by atoms with Gasteiger partial charge in [0.2, 0.25) is 12.2 Å². The topological polar surface area (TPSA) is 58.9 Å². The number of rotatable bonds is 4. The van der Waals surface area contributed by atoms with Crippen molar-refractivity contribution in [3.05, 3.63) is 0 Å². The van der Waals surface area contributed by atoms with Crippen LogP contribution in [0.3, 0.4) is 0 Å². The van der Waals surface area contributed by atoms with E-state index in [2.05, 4.69) is 23.8 Å². The van der Waals surface area contributed by atoms with Crippen molar-refractivity contribution in [1.82, 2.24) is 0 Å². The quantitative estimate of drug-likeness (QED) is 0.568. The first-order valence-electron chi connectivity index (χ1n) is 6.61. The molecule has 1 saturated carbocycles. The Hall–Kier alpha value is -1.24. The normalized spacial score (nSPS) is 32.6. The van der Waals surface area contributed by atoms with Crippen LogP contribution in [-0.4, -0.2) is 25.2 Å². The van der Waals surface area contributed by atoms with E-state index in [0.717, 1.165) is 38.5 Å². The van der Waals surface area contributed by atoms with Crippen molar-refractivity contribution >= 4 is 12.2 Å². The first-order valence-corrected chi connectivity index (χ1v) is 6.61. The van der Waals surface area contributed by atoms with Crippen LogP contribution in [0, 0.1) is 10.8 Å². The van der Waals surface area contributed by atoms with Crippen molar-refractivity contribution in [2.24, 2.45) is 20.8 Å². The molecule has 1 aliphatic carbocycles. The van der Waals surface area contributed by atoms with Crippen molar-refractivity contribution in [3.8, 4) is 0 Å². The second-order valence-electron chi connectivity index (χ2n) is 6.14. The molecule has 0 bridgehead atoms.